The van der Waals surface area contributed by atoms with Crippen molar-refractivity contribution in [3.8, 4) is 0 Å². The van der Waals surface area contributed by atoms with Crippen molar-refractivity contribution in [3.63, 3.8) is 0 Å². The van der Waals surface area contributed by atoms with Gasteiger partial charge in [-0.2, -0.15) is 0 Å². The molecule has 1 heterocycles. The van der Waals surface area contributed by atoms with Gasteiger partial charge in [0.1, 0.15) is 3.70 Å². The van der Waals surface area contributed by atoms with Gasteiger partial charge in [0.25, 0.3) is 0 Å². The summed E-state index contributed by atoms with van der Waals surface area (Å²) in [6.07, 6.45) is 1.98. The zero-order valence-electron chi connectivity index (χ0n) is 3.61. The van der Waals surface area contributed by atoms with Gasteiger partial charge in [-0.15, -0.1) is 0 Å². The van der Waals surface area contributed by atoms with E-state index in [1.165, 1.54) is 0 Å². The van der Waals surface area contributed by atoms with Crippen molar-refractivity contribution in [2.75, 3.05) is 0 Å². The van der Waals surface area contributed by atoms with E-state index in [9.17, 15) is 0 Å². The number of aromatic nitrogens is 2. The lowest BCUT2D eigenvalue weighted by Crippen LogP contribution is -1.77. The Bertz CT molecular complexity index is 175. The van der Waals surface area contributed by atoms with Crippen LogP contribution < -0.4 is 0 Å². The van der Waals surface area contributed by atoms with Crippen LogP contribution in [0.2, 0.25) is 0 Å². The summed E-state index contributed by atoms with van der Waals surface area (Å²) in [5, 5.41) is 0. The molecule has 0 saturated heterocycles. The van der Waals surface area contributed by atoms with E-state index in [0.29, 0.717) is 0 Å². The first-order valence-electron chi connectivity index (χ1n) is 1.76. The average molecular weight is 446 g/mol. The van der Waals surface area contributed by atoms with Crippen LogP contribution >= 0.6 is 68.0 Å². The van der Waals surface area contributed by atoms with E-state index in [2.05, 4.69) is 73.0 Å². The maximum atomic E-state index is 4.14. The van der Waals surface area contributed by atoms with Gasteiger partial charge in [0, 0.05) is 28.8 Å². The van der Waals surface area contributed by atoms with E-state index in [-0.39, 0.29) is 0 Å². The highest BCUT2D eigenvalue weighted by molar-refractivity contribution is 14.1. The number of hydrogen-bond acceptors (Lipinski definition) is 1. The Kier molecular flexibility index (Phi) is 2.81. The molecule has 8 heavy (non-hydrogen) atoms. The Hall–Kier alpha value is 1.40. The molecule has 0 N–H and O–H groups in total. The van der Waals surface area contributed by atoms with Crippen molar-refractivity contribution in [3.05, 3.63) is 13.7 Å². The molecule has 0 fully saturated rings. The molecule has 0 spiro atoms. The SMILES string of the molecule is Ic1cn(I)c(I)n1. The van der Waals surface area contributed by atoms with Crippen LogP contribution in [-0.4, -0.2) is 7.76 Å². The summed E-state index contributed by atoms with van der Waals surface area (Å²) in [5.41, 5.74) is 0. The zero-order valence-corrected chi connectivity index (χ0v) is 10.1. The van der Waals surface area contributed by atoms with Gasteiger partial charge in [0.15, 0.2) is 3.83 Å². The topological polar surface area (TPSA) is 17.8 Å². The summed E-state index contributed by atoms with van der Waals surface area (Å²) < 4.78 is 4.02. The van der Waals surface area contributed by atoms with Gasteiger partial charge in [0.05, 0.1) is 22.9 Å². The molecule has 0 aromatic carbocycles. The van der Waals surface area contributed by atoms with Crippen molar-refractivity contribution in [2.24, 2.45) is 0 Å². The molecule has 44 valence electrons. The van der Waals surface area contributed by atoms with Crippen LogP contribution in [0.4, 0.5) is 0 Å². The number of hydrogen-bond donors (Lipinski definition) is 0. The number of imidazole rings is 1. The fourth-order valence-electron chi connectivity index (χ4n) is 0.312. The molecule has 0 amide bonds. The number of rotatable bonds is 0. The molecule has 5 heteroatoms. The van der Waals surface area contributed by atoms with Crippen molar-refractivity contribution in [1.29, 1.82) is 0 Å². The van der Waals surface area contributed by atoms with E-state index in [4.69, 9.17) is 0 Å². The van der Waals surface area contributed by atoms with Crippen LogP contribution in [0, 0.1) is 7.53 Å². The second-order valence-corrected chi connectivity index (χ2v) is 4.25. The molecule has 0 aliphatic heterocycles. The number of nitrogens with zero attached hydrogens (tertiary/aromatic N) is 2. The first-order chi connectivity index (χ1) is 3.70. The second-order valence-electron chi connectivity index (χ2n) is 1.14. The Morgan fingerprint density at radius 3 is 2.25 bits per heavy atom. The second kappa shape index (κ2) is 2.99. The third-order valence-corrected chi connectivity index (χ3v) is 3.53. The van der Waals surface area contributed by atoms with Gasteiger partial charge in [-0.25, -0.2) is 4.98 Å². The molecular formula is C3HI3N2. The molecule has 1 aromatic rings. The maximum absolute atomic E-state index is 4.14. The largest absolute Gasteiger partial charge is 0.266 e. The van der Waals surface area contributed by atoms with Crippen LogP contribution in [0.3, 0.4) is 0 Å². The van der Waals surface area contributed by atoms with Gasteiger partial charge in [-0.05, 0) is 22.6 Å². The quantitative estimate of drug-likeness (QED) is 0.560. The highest BCUT2D eigenvalue weighted by Gasteiger charge is 1.96. The van der Waals surface area contributed by atoms with Crippen LogP contribution in [0.5, 0.6) is 0 Å². The molecule has 0 saturated carbocycles. The highest BCUT2D eigenvalue weighted by Crippen LogP contribution is 2.10. The Balaban J connectivity index is 3.14. The highest BCUT2D eigenvalue weighted by atomic mass is 127. The first-order valence-corrected chi connectivity index (χ1v) is 4.89. The zero-order chi connectivity index (χ0) is 6.15. The minimum Gasteiger partial charge on any atom is -0.266 e. The minimum atomic E-state index is 1.02. The monoisotopic (exact) mass is 446 g/mol. The number of halogens is 3. The molecule has 0 aliphatic carbocycles. The van der Waals surface area contributed by atoms with Crippen molar-refractivity contribution >= 4 is 68.0 Å². The smallest absolute Gasteiger partial charge is 0.181 e. The minimum absolute atomic E-state index is 1.02. The van der Waals surface area contributed by atoms with Gasteiger partial charge < -0.3 is 0 Å². The van der Waals surface area contributed by atoms with Crippen molar-refractivity contribution in [2.45, 2.75) is 0 Å². The van der Waals surface area contributed by atoms with E-state index < -0.39 is 0 Å². The van der Waals surface area contributed by atoms with Gasteiger partial charge in [0.2, 0.25) is 0 Å². The lowest BCUT2D eigenvalue weighted by atomic mass is 11.0. The van der Waals surface area contributed by atoms with Gasteiger partial charge >= 0.3 is 0 Å². The van der Waals surface area contributed by atoms with Crippen LogP contribution in [-0.2, 0) is 0 Å². The molecule has 0 aliphatic rings. The van der Waals surface area contributed by atoms with Gasteiger partial charge in [-0.3, -0.25) is 2.78 Å². The van der Waals surface area contributed by atoms with Crippen LogP contribution in [0.1, 0.15) is 0 Å². The summed E-state index contributed by atoms with van der Waals surface area (Å²) >= 11 is 6.56. The molecule has 0 bridgehead atoms. The molecule has 1 aromatic heterocycles. The Morgan fingerprint density at radius 1 is 1.50 bits per heavy atom. The fourth-order valence-corrected chi connectivity index (χ4v) is 2.58. The predicted octanol–water partition coefficient (Wildman–Crippen LogP) is 2.29. The molecule has 0 atom stereocenters. The lowest BCUT2D eigenvalue weighted by Gasteiger charge is -1.81. The first kappa shape index (κ1) is 7.51. The predicted molar refractivity (Wildman–Crippen MR) is 57.1 cm³/mol. The maximum Gasteiger partial charge on any atom is 0.181 e. The van der Waals surface area contributed by atoms with E-state index in [0.717, 1.165) is 7.53 Å². The van der Waals surface area contributed by atoms with Crippen molar-refractivity contribution < 1.29 is 0 Å². The van der Waals surface area contributed by atoms with Crippen molar-refractivity contribution in [1.82, 2.24) is 7.76 Å². The van der Waals surface area contributed by atoms with Crippen LogP contribution in [0.15, 0.2) is 6.20 Å². The van der Waals surface area contributed by atoms with E-state index in [1.807, 2.05) is 8.98 Å². The summed E-state index contributed by atoms with van der Waals surface area (Å²) in [4.78, 5) is 4.14. The Labute approximate surface area is 88.2 Å². The molecule has 0 radical (unpaired) electrons. The summed E-state index contributed by atoms with van der Waals surface area (Å²) in [6, 6.07) is 0. The Morgan fingerprint density at radius 2 is 2.12 bits per heavy atom. The standard InChI is InChI=1S/C3HI3N2/c4-2-1-8(6)3(5)7-2/h1H. The lowest BCUT2D eigenvalue weighted by molar-refractivity contribution is 1.20. The van der Waals surface area contributed by atoms with E-state index >= 15 is 0 Å². The fraction of sp³-hybridized carbons (Fsp3) is 0. The molecular weight excluding hydrogens is 445 g/mol. The summed E-state index contributed by atoms with van der Waals surface area (Å²) in [5.74, 6) is 0. The molecule has 1 rings (SSSR count). The van der Waals surface area contributed by atoms with Crippen LogP contribution in [0.25, 0.3) is 0 Å². The summed E-state index contributed by atoms with van der Waals surface area (Å²) in [7, 11) is 0. The third-order valence-electron chi connectivity index (χ3n) is 0.595. The molecule has 0 unspecified atom stereocenters. The average Bonchev–Trinajstić information content (AvgIpc) is 1.85. The summed E-state index contributed by atoms with van der Waals surface area (Å²) in [6.45, 7) is 0. The normalized spacial score (nSPS) is 9.88. The van der Waals surface area contributed by atoms with Gasteiger partial charge in [-0.1, -0.05) is 0 Å². The third kappa shape index (κ3) is 1.69. The van der Waals surface area contributed by atoms with E-state index in [1.54, 1.807) is 0 Å². The molecule has 2 nitrogen and oxygen atoms in total.